The van der Waals surface area contributed by atoms with Crippen molar-refractivity contribution in [2.75, 3.05) is 7.05 Å². The van der Waals surface area contributed by atoms with Gasteiger partial charge in [-0.2, -0.15) is 5.26 Å². The molecule has 1 rings (SSSR count). The van der Waals surface area contributed by atoms with Gasteiger partial charge < -0.3 is 10.3 Å². The summed E-state index contributed by atoms with van der Waals surface area (Å²) in [7, 11) is 1.54. The van der Waals surface area contributed by atoms with E-state index in [1.54, 1.807) is 0 Å². The highest BCUT2D eigenvalue weighted by Crippen LogP contribution is 2.00. The Labute approximate surface area is 63.8 Å². The molecule has 1 amide bonds. The fourth-order valence-corrected chi connectivity index (χ4v) is 0.725. The molecule has 11 heavy (non-hydrogen) atoms. The third-order valence-electron chi connectivity index (χ3n) is 1.28. The van der Waals surface area contributed by atoms with E-state index in [1.807, 2.05) is 6.07 Å². The van der Waals surface area contributed by atoms with Crippen molar-refractivity contribution in [3.8, 4) is 6.07 Å². The topological polar surface area (TPSA) is 68.7 Å². The molecule has 1 aromatic heterocycles. The van der Waals surface area contributed by atoms with Crippen LogP contribution < -0.4 is 5.32 Å². The van der Waals surface area contributed by atoms with Crippen molar-refractivity contribution in [2.45, 2.75) is 0 Å². The molecular weight excluding hydrogens is 142 g/mol. The van der Waals surface area contributed by atoms with Crippen LogP contribution in [-0.4, -0.2) is 17.9 Å². The molecule has 4 nitrogen and oxygen atoms in total. The second kappa shape index (κ2) is 2.88. The van der Waals surface area contributed by atoms with Crippen molar-refractivity contribution in [2.24, 2.45) is 0 Å². The second-order valence-corrected chi connectivity index (χ2v) is 1.99. The summed E-state index contributed by atoms with van der Waals surface area (Å²) in [6.45, 7) is 0. The number of amides is 1. The molecular formula is C7H7N3O. The molecule has 0 aliphatic rings. The van der Waals surface area contributed by atoms with Crippen molar-refractivity contribution < 1.29 is 4.79 Å². The fraction of sp³-hybridized carbons (Fsp3) is 0.143. The Balaban J connectivity index is 2.91. The van der Waals surface area contributed by atoms with Gasteiger partial charge in [0.1, 0.15) is 11.8 Å². The van der Waals surface area contributed by atoms with Gasteiger partial charge in [-0.1, -0.05) is 0 Å². The average molecular weight is 149 g/mol. The molecule has 0 radical (unpaired) electrons. The fourth-order valence-electron chi connectivity index (χ4n) is 0.725. The molecule has 2 N–H and O–H groups in total. The van der Waals surface area contributed by atoms with Crippen molar-refractivity contribution in [1.29, 1.82) is 5.26 Å². The minimum absolute atomic E-state index is 0.216. The highest BCUT2D eigenvalue weighted by atomic mass is 16.1. The van der Waals surface area contributed by atoms with E-state index >= 15 is 0 Å². The normalized spacial score (nSPS) is 8.73. The molecule has 0 bridgehead atoms. The molecule has 1 aromatic rings. The maximum atomic E-state index is 10.9. The highest BCUT2D eigenvalue weighted by molar-refractivity contribution is 5.92. The van der Waals surface area contributed by atoms with Crippen LogP contribution >= 0.6 is 0 Å². The third-order valence-corrected chi connectivity index (χ3v) is 1.28. The van der Waals surface area contributed by atoms with Gasteiger partial charge in [-0.05, 0) is 6.07 Å². The number of hydrogen-bond donors (Lipinski definition) is 2. The number of H-pyrrole nitrogens is 1. The first kappa shape index (κ1) is 7.35. The predicted octanol–water partition coefficient (Wildman–Crippen LogP) is 0.246. The zero-order chi connectivity index (χ0) is 8.27. The maximum Gasteiger partial charge on any atom is 0.267 e. The van der Waals surface area contributed by atoms with Crippen LogP contribution in [-0.2, 0) is 0 Å². The molecule has 56 valence electrons. The van der Waals surface area contributed by atoms with E-state index in [-0.39, 0.29) is 5.91 Å². The van der Waals surface area contributed by atoms with Gasteiger partial charge in [0.2, 0.25) is 0 Å². The Bertz CT molecular complexity index is 308. The number of aromatic nitrogens is 1. The zero-order valence-electron chi connectivity index (χ0n) is 6.01. The molecule has 0 atom stereocenters. The maximum absolute atomic E-state index is 10.9. The first-order valence-corrected chi connectivity index (χ1v) is 3.08. The van der Waals surface area contributed by atoms with E-state index in [2.05, 4.69) is 10.3 Å². The standard InChI is InChI=1S/C7H7N3O/c1-9-7(11)6-2-5(3-8)4-10-6/h2,4,10H,1H3,(H,9,11). The minimum atomic E-state index is -0.216. The molecule has 0 aliphatic heterocycles. The van der Waals surface area contributed by atoms with Crippen molar-refractivity contribution in [1.82, 2.24) is 10.3 Å². The van der Waals surface area contributed by atoms with Crippen LogP contribution in [0, 0.1) is 11.3 Å². The minimum Gasteiger partial charge on any atom is -0.356 e. The van der Waals surface area contributed by atoms with Crippen LogP contribution in [0.15, 0.2) is 12.3 Å². The van der Waals surface area contributed by atoms with Crippen LogP contribution in [0.5, 0.6) is 0 Å². The summed E-state index contributed by atoms with van der Waals surface area (Å²) in [5, 5.41) is 10.8. The van der Waals surface area contributed by atoms with Gasteiger partial charge in [0.05, 0.1) is 5.56 Å². The monoisotopic (exact) mass is 149 g/mol. The summed E-state index contributed by atoms with van der Waals surface area (Å²) in [5.74, 6) is -0.216. The summed E-state index contributed by atoms with van der Waals surface area (Å²) >= 11 is 0. The number of nitrogens with one attached hydrogen (secondary N) is 2. The predicted molar refractivity (Wildman–Crippen MR) is 38.9 cm³/mol. The van der Waals surface area contributed by atoms with Crippen molar-refractivity contribution in [3.05, 3.63) is 23.5 Å². The summed E-state index contributed by atoms with van der Waals surface area (Å²) in [6, 6.07) is 3.41. The van der Waals surface area contributed by atoms with E-state index in [0.717, 1.165) is 0 Å². The van der Waals surface area contributed by atoms with E-state index < -0.39 is 0 Å². The summed E-state index contributed by atoms with van der Waals surface area (Å²) in [6.07, 6.45) is 1.49. The molecule has 0 spiro atoms. The molecule has 0 saturated carbocycles. The van der Waals surface area contributed by atoms with Gasteiger partial charge >= 0.3 is 0 Å². The van der Waals surface area contributed by atoms with Gasteiger partial charge in [-0.15, -0.1) is 0 Å². The Morgan fingerprint density at radius 3 is 3.00 bits per heavy atom. The first-order valence-electron chi connectivity index (χ1n) is 3.08. The quantitative estimate of drug-likeness (QED) is 0.600. The number of rotatable bonds is 1. The number of aromatic amines is 1. The van der Waals surface area contributed by atoms with Crippen LogP contribution in [0.4, 0.5) is 0 Å². The number of hydrogen-bond acceptors (Lipinski definition) is 2. The number of nitrogens with zero attached hydrogens (tertiary/aromatic N) is 1. The van der Waals surface area contributed by atoms with E-state index in [9.17, 15) is 4.79 Å². The molecule has 1 heterocycles. The second-order valence-electron chi connectivity index (χ2n) is 1.99. The average Bonchev–Trinajstić information content (AvgIpc) is 2.50. The van der Waals surface area contributed by atoms with Crippen LogP contribution in [0.2, 0.25) is 0 Å². The lowest BCUT2D eigenvalue weighted by Crippen LogP contribution is -2.17. The lowest BCUT2D eigenvalue weighted by Gasteiger charge is -1.91. The number of nitriles is 1. The Morgan fingerprint density at radius 2 is 2.55 bits per heavy atom. The van der Waals surface area contributed by atoms with Crippen LogP contribution in [0.25, 0.3) is 0 Å². The molecule has 0 aromatic carbocycles. The van der Waals surface area contributed by atoms with E-state index in [1.165, 1.54) is 19.3 Å². The van der Waals surface area contributed by atoms with Gasteiger partial charge in [-0.3, -0.25) is 4.79 Å². The lowest BCUT2D eigenvalue weighted by molar-refractivity contribution is 0.0959. The number of carbonyl (C=O) groups excluding carboxylic acids is 1. The zero-order valence-corrected chi connectivity index (χ0v) is 6.01. The van der Waals surface area contributed by atoms with Gasteiger partial charge in [-0.25, -0.2) is 0 Å². The van der Waals surface area contributed by atoms with Crippen LogP contribution in [0.3, 0.4) is 0 Å². The molecule has 4 heteroatoms. The smallest absolute Gasteiger partial charge is 0.267 e. The van der Waals surface area contributed by atoms with Gasteiger partial charge in [0.15, 0.2) is 0 Å². The van der Waals surface area contributed by atoms with E-state index in [4.69, 9.17) is 5.26 Å². The number of carbonyl (C=O) groups is 1. The largest absolute Gasteiger partial charge is 0.356 e. The van der Waals surface area contributed by atoms with Crippen molar-refractivity contribution in [3.63, 3.8) is 0 Å². The van der Waals surface area contributed by atoms with Crippen molar-refractivity contribution >= 4 is 5.91 Å². The third kappa shape index (κ3) is 1.38. The molecule has 0 saturated heterocycles. The Kier molecular flexibility index (Phi) is 1.93. The first-order chi connectivity index (χ1) is 5.27. The van der Waals surface area contributed by atoms with E-state index in [0.29, 0.717) is 11.3 Å². The summed E-state index contributed by atoms with van der Waals surface area (Å²) < 4.78 is 0. The van der Waals surface area contributed by atoms with Gasteiger partial charge in [0, 0.05) is 13.2 Å². The molecule has 0 aliphatic carbocycles. The Hall–Kier alpha value is -1.76. The van der Waals surface area contributed by atoms with Gasteiger partial charge in [0.25, 0.3) is 5.91 Å². The summed E-state index contributed by atoms with van der Waals surface area (Å²) in [5.41, 5.74) is 0.868. The lowest BCUT2D eigenvalue weighted by atomic mass is 10.3. The molecule has 0 fully saturated rings. The van der Waals surface area contributed by atoms with Crippen LogP contribution in [0.1, 0.15) is 16.1 Å². The highest BCUT2D eigenvalue weighted by Gasteiger charge is 2.04. The summed E-state index contributed by atoms with van der Waals surface area (Å²) in [4.78, 5) is 13.6. The Morgan fingerprint density at radius 1 is 1.82 bits per heavy atom. The SMILES string of the molecule is CNC(=O)c1cc(C#N)c[nH]1. The molecule has 0 unspecified atom stereocenters.